The average molecular weight is 390 g/mol. The summed E-state index contributed by atoms with van der Waals surface area (Å²) in [6.07, 6.45) is 4.62. The molecule has 6 nitrogen and oxygen atoms in total. The third kappa shape index (κ3) is 5.79. The van der Waals surface area contributed by atoms with E-state index in [1.54, 1.807) is 18.5 Å². The number of carbonyl (C=O) groups is 1. The Labute approximate surface area is 161 Å². The van der Waals surface area contributed by atoms with Crippen LogP contribution in [0.5, 0.6) is 0 Å². The van der Waals surface area contributed by atoms with Gasteiger partial charge in [-0.15, -0.1) is 0 Å². The maximum atomic E-state index is 12.4. The Hall–Kier alpha value is -2.41. The van der Waals surface area contributed by atoms with Gasteiger partial charge in [0.05, 0.1) is 11.9 Å². The quantitative estimate of drug-likeness (QED) is 0.753. The molecule has 2 aromatic rings. The van der Waals surface area contributed by atoms with Gasteiger partial charge in [-0.25, -0.2) is 8.42 Å². The molecule has 0 aliphatic heterocycles. The Morgan fingerprint density at radius 3 is 2.56 bits per heavy atom. The normalized spacial score (nSPS) is 11.4. The lowest BCUT2D eigenvalue weighted by atomic mass is 9.98. The van der Waals surface area contributed by atoms with Crippen molar-refractivity contribution in [3.05, 3.63) is 59.4 Å². The van der Waals surface area contributed by atoms with Crippen molar-refractivity contribution in [1.82, 2.24) is 10.3 Å². The van der Waals surface area contributed by atoms with E-state index in [0.717, 1.165) is 16.7 Å². The number of pyridine rings is 1. The van der Waals surface area contributed by atoms with Crippen molar-refractivity contribution in [2.45, 2.75) is 39.7 Å². The summed E-state index contributed by atoms with van der Waals surface area (Å²) >= 11 is 0. The van der Waals surface area contributed by atoms with Gasteiger partial charge in [0, 0.05) is 31.9 Å². The molecule has 1 N–H and O–H groups in total. The van der Waals surface area contributed by atoms with Crippen LogP contribution in [0.15, 0.2) is 42.7 Å². The molecular formula is C20H27N3O3S. The Morgan fingerprint density at radius 1 is 1.22 bits per heavy atom. The number of sulfonamides is 1. The number of hydrogen-bond acceptors (Lipinski definition) is 4. The van der Waals surface area contributed by atoms with Crippen LogP contribution < -0.4 is 9.62 Å². The number of benzene rings is 1. The summed E-state index contributed by atoms with van der Waals surface area (Å²) in [5, 5.41) is 2.81. The van der Waals surface area contributed by atoms with Crippen LogP contribution in [-0.4, -0.2) is 32.1 Å². The molecule has 0 radical (unpaired) electrons. The minimum absolute atomic E-state index is 0.0825. The number of amides is 1. The minimum atomic E-state index is -3.52. The highest BCUT2D eigenvalue weighted by molar-refractivity contribution is 7.92. The van der Waals surface area contributed by atoms with Crippen LogP contribution in [0.1, 0.15) is 42.9 Å². The first-order chi connectivity index (χ1) is 12.7. The Morgan fingerprint density at radius 2 is 1.96 bits per heavy atom. The molecule has 0 spiro atoms. The fourth-order valence-corrected chi connectivity index (χ4v) is 3.93. The van der Waals surface area contributed by atoms with Gasteiger partial charge in [-0.3, -0.25) is 14.1 Å². The predicted molar refractivity (Wildman–Crippen MR) is 108 cm³/mol. The number of hydrogen-bond donors (Lipinski definition) is 1. The number of para-hydroxylation sites is 1. The molecule has 1 amide bonds. The minimum Gasteiger partial charge on any atom is -0.352 e. The molecule has 27 heavy (non-hydrogen) atoms. The lowest BCUT2D eigenvalue weighted by Crippen LogP contribution is -2.35. The summed E-state index contributed by atoms with van der Waals surface area (Å²) < 4.78 is 26.2. The highest BCUT2D eigenvalue weighted by atomic mass is 32.2. The smallest absolute Gasteiger partial charge is 0.232 e. The van der Waals surface area contributed by atoms with Crippen LogP contribution in [0, 0.1) is 6.92 Å². The van der Waals surface area contributed by atoms with Gasteiger partial charge in [-0.05, 0) is 35.6 Å². The van der Waals surface area contributed by atoms with Gasteiger partial charge in [0.15, 0.2) is 0 Å². The molecule has 0 fully saturated rings. The van der Waals surface area contributed by atoms with Crippen LogP contribution >= 0.6 is 0 Å². The first-order valence-corrected chi connectivity index (χ1v) is 10.8. The number of aromatic nitrogens is 1. The zero-order valence-electron chi connectivity index (χ0n) is 16.3. The summed E-state index contributed by atoms with van der Waals surface area (Å²) in [6, 6.07) is 9.43. The topological polar surface area (TPSA) is 79.4 Å². The standard InChI is InChI=1S/C20H27N3O3S/c1-15(2)18-9-5-7-16(3)20(18)23(27(4,25)26)12-10-19(24)22-14-17-8-6-11-21-13-17/h5-9,11,13,15H,10,12,14H2,1-4H3,(H,22,24). The summed E-state index contributed by atoms with van der Waals surface area (Å²) in [7, 11) is -3.52. The van der Waals surface area contributed by atoms with E-state index >= 15 is 0 Å². The number of nitrogens with one attached hydrogen (secondary N) is 1. The molecule has 0 bridgehead atoms. The lowest BCUT2D eigenvalue weighted by molar-refractivity contribution is -0.121. The zero-order chi connectivity index (χ0) is 20.0. The highest BCUT2D eigenvalue weighted by Gasteiger charge is 2.23. The van der Waals surface area contributed by atoms with E-state index in [-0.39, 0.29) is 24.8 Å². The van der Waals surface area contributed by atoms with Crippen LogP contribution in [0.25, 0.3) is 0 Å². The molecule has 0 aliphatic rings. The lowest BCUT2D eigenvalue weighted by Gasteiger charge is -2.28. The van der Waals surface area contributed by atoms with Gasteiger partial charge >= 0.3 is 0 Å². The van der Waals surface area contributed by atoms with Gasteiger partial charge in [0.1, 0.15) is 0 Å². The van der Waals surface area contributed by atoms with Crippen molar-refractivity contribution in [3.8, 4) is 0 Å². The number of rotatable bonds is 8. The van der Waals surface area contributed by atoms with Gasteiger partial charge < -0.3 is 5.32 Å². The Balaban J connectivity index is 2.14. The molecular weight excluding hydrogens is 362 g/mol. The molecule has 7 heteroatoms. The van der Waals surface area contributed by atoms with Crippen LogP contribution in [0.3, 0.4) is 0 Å². The highest BCUT2D eigenvalue weighted by Crippen LogP contribution is 2.32. The Kier molecular flexibility index (Phi) is 6.96. The second-order valence-electron chi connectivity index (χ2n) is 6.89. The van der Waals surface area contributed by atoms with Crippen LogP contribution in [-0.2, 0) is 21.4 Å². The molecule has 0 saturated heterocycles. The van der Waals surface area contributed by atoms with Crippen molar-refractivity contribution >= 4 is 21.6 Å². The van der Waals surface area contributed by atoms with Crippen LogP contribution in [0.4, 0.5) is 5.69 Å². The third-order valence-electron chi connectivity index (χ3n) is 4.30. The Bertz CT molecular complexity index is 881. The molecule has 0 saturated carbocycles. The van der Waals surface area contributed by atoms with E-state index in [0.29, 0.717) is 12.2 Å². The van der Waals surface area contributed by atoms with Crippen LogP contribution in [0.2, 0.25) is 0 Å². The van der Waals surface area contributed by atoms with E-state index in [1.165, 1.54) is 10.6 Å². The molecule has 0 aliphatic carbocycles. The van der Waals surface area contributed by atoms with E-state index in [9.17, 15) is 13.2 Å². The summed E-state index contributed by atoms with van der Waals surface area (Å²) in [5.74, 6) is -0.0317. The monoisotopic (exact) mass is 389 g/mol. The molecule has 2 rings (SSSR count). The number of anilines is 1. The van der Waals surface area contributed by atoms with Crippen molar-refractivity contribution in [3.63, 3.8) is 0 Å². The molecule has 1 aromatic carbocycles. The first-order valence-electron chi connectivity index (χ1n) is 8.93. The van der Waals surface area contributed by atoms with E-state index < -0.39 is 10.0 Å². The van der Waals surface area contributed by atoms with Gasteiger partial charge in [-0.1, -0.05) is 38.1 Å². The number of carbonyl (C=O) groups excluding carboxylic acids is 1. The summed E-state index contributed by atoms with van der Waals surface area (Å²) in [6.45, 7) is 6.41. The second kappa shape index (κ2) is 8.99. The van der Waals surface area contributed by atoms with Crippen molar-refractivity contribution < 1.29 is 13.2 Å². The molecule has 0 atom stereocenters. The zero-order valence-corrected chi connectivity index (χ0v) is 17.1. The van der Waals surface area contributed by atoms with E-state index in [4.69, 9.17) is 0 Å². The number of aryl methyl sites for hydroxylation is 1. The van der Waals surface area contributed by atoms with E-state index in [1.807, 2.05) is 45.0 Å². The molecule has 0 unspecified atom stereocenters. The predicted octanol–water partition coefficient (Wildman–Crippen LogP) is 2.99. The largest absolute Gasteiger partial charge is 0.352 e. The second-order valence-corrected chi connectivity index (χ2v) is 8.80. The number of nitrogens with zero attached hydrogens (tertiary/aromatic N) is 2. The summed E-state index contributed by atoms with van der Waals surface area (Å²) in [4.78, 5) is 16.2. The average Bonchev–Trinajstić information content (AvgIpc) is 2.61. The van der Waals surface area contributed by atoms with Crippen molar-refractivity contribution in [2.24, 2.45) is 0 Å². The van der Waals surface area contributed by atoms with Crippen molar-refractivity contribution in [2.75, 3.05) is 17.1 Å². The fraction of sp³-hybridized carbons (Fsp3) is 0.400. The maximum Gasteiger partial charge on any atom is 0.232 e. The SMILES string of the molecule is Cc1cccc(C(C)C)c1N(CCC(=O)NCc1cccnc1)S(C)(=O)=O. The van der Waals surface area contributed by atoms with Gasteiger partial charge in [0.25, 0.3) is 0 Å². The molecule has 1 aromatic heterocycles. The maximum absolute atomic E-state index is 12.4. The first kappa shape index (κ1) is 20.9. The fourth-order valence-electron chi connectivity index (χ4n) is 2.93. The third-order valence-corrected chi connectivity index (χ3v) is 5.46. The van der Waals surface area contributed by atoms with Gasteiger partial charge in [-0.2, -0.15) is 0 Å². The van der Waals surface area contributed by atoms with Gasteiger partial charge in [0.2, 0.25) is 15.9 Å². The van der Waals surface area contributed by atoms with E-state index in [2.05, 4.69) is 10.3 Å². The molecule has 1 heterocycles. The summed E-state index contributed by atoms with van der Waals surface area (Å²) in [5.41, 5.74) is 3.40. The molecule has 146 valence electrons. The van der Waals surface area contributed by atoms with Crippen molar-refractivity contribution in [1.29, 1.82) is 0 Å².